The minimum absolute atomic E-state index is 0.0863. The van der Waals surface area contributed by atoms with Gasteiger partial charge in [-0.2, -0.15) is 0 Å². The summed E-state index contributed by atoms with van der Waals surface area (Å²) in [6, 6.07) is 11.2. The first-order valence-corrected chi connectivity index (χ1v) is 8.07. The van der Waals surface area contributed by atoms with Gasteiger partial charge in [-0.3, -0.25) is 4.79 Å². The second kappa shape index (κ2) is 7.25. The van der Waals surface area contributed by atoms with E-state index in [9.17, 15) is 4.79 Å². The molecule has 6 nitrogen and oxygen atoms in total. The number of amides is 1. The Morgan fingerprint density at radius 1 is 1.20 bits per heavy atom. The Bertz CT molecular complexity index is 902. The van der Waals surface area contributed by atoms with Crippen molar-refractivity contribution in [1.82, 2.24) is 9.38 Å². The lowest BCUT2D eigenvalue weighted by Gasteiger charge is -2.12. The van der Waals surface area contributed by atoms with Gasteiger partial charge >= 0.3 is 0 Å². The fourth-order valence-corrected chi connectivity index (χ4v) is 2.82. The highest BCUT2D eigenvalue weighted by Gasteiger charge is 2.12. The Hall–Kier alpha value is -3.02. The van der Waals surface area contributed by atoms with Crippen molar-refractivity contribution in [2.75, 3.05) is 19.5 Å². The van der Waals surface area contributed by atoms with Crippen molar-refractivity contribution in [3.63, 3.8) is 0 Å². The van der Waals surface area contributed by atoms with Crippen molar-refractivity contribution in [2.24, 2.45) is 0 Å². The number of aryl methyl sites for hydroxylation is 2. The Morgan fingerprint density at radius 3 is 2.80 bits per heavy atom. The van der Waals surface area contributed by atoms with Crippen LogP contribution in [0.25, 0.3) is 5.65 Å². The van der Waals surface area contributed by atoms with Gasteiger partial charge in [0, 0.05) is 24.4 Å². The summed E-state index contributed by atoms with van der Waals surface area (Å²) >= 11 is 0. The number of carbonyl (C=O) groups is 1. The highest BCUT2D eigenvalue weighted by molar-refractivity contribution is 5.92. The number of methoxy groups -OCH3 is 2. The number of benzene rings is 1. The summed E-state index contributed by atoms with van der Waals surface area (Å²) in [6.45, 7) is 1.96. The Morgan fingerprint density at radius 2 is 2.04 bits per heavy atom. The summed E-state index contributed by atoms with van der Waals surface area (Å²) in [5.41, 5.74) is 3.48. The average molecular weight is 339 g/mol. The standard InChI is InChI=1S/C19H21N3O3/c1-13-16(22-11-5-4-6-18(22)20-13)8-10-19(23)21-15-12-14(24-2)7-9-17(15)25-3/h4-7,9,11-12H,8,10H2,1-3H3,(H,21,23). The molecule has 0 aliphatic heterocycles. The molecule has 0 aliphatic carbocycles. The second-order valence-corrected chi connectivity index (χ2v) is 5.69. The maximum absolute atomic E-state index is 12.4. The summed E-state index contributed by atoms with van der Waals surface area (Å²) in [7, 11) is 3.15. The number of carbonyl (C=O) groups excluding carboxylic acids is 1. The van der Waals surface area contributed by atoms with Gasteiger partial charge in [0.1, 0.15) is 17.1 Å². The first-order chi connectivity index (χ1) is 12.1. The molecule has 2 heterocycles. The minimum Gasteiger partial charge on any atom is -0.497 e. The first kappa shape index (κ1) is 16.8. The van der Waals surface area contributed by atoms with Crippen molar-refractivity contribution in [2.45, 2.75) is 19.8 Å². The number of hydrogen-bond acceptors (Lipinski definition) is 4. The van der Waals surface area contributed by atoms with Gasteiger partial charge in [0.05, 0.1) is 25.6 Å². The number of rotatable bonds is 6. The third-order valence-corrected chi connectivity index (χ3v) is 4.10. The molecule has 0 atom stereocenters. The zero-order valence-electron chi connectivity index (χ0n) is 14.6. The van der Waals surface area contributed by atoms with Crippen molar-refractivity contribution >= 4 is 17.2 Å². The Kier molecular flexibility index (Phi) is 4.88. The number of pyridine rings is 1. The van der Waals surface area contributed by atoms with E-state index in [1.165, 1.54) is 0 Å². The van der Waals surface area contributed by atoms with E-state index >= 15 is 0 Å². The van der Waals surface area contributed by atoms with E-state index in [4.69, 9.17) is 9.47 Å². The first-order valence-electron chi connectivity index (χ1n) is 8.07. The van der Waals surface area contributed by atoms with Gasteiger partial charge in [-0.25, -0.2) is 4.98 Å². The number of fused-ring (bicyclic) bond motifs is 1. The largest absolute Gasteiger partial charge is 0.497 e. The van der Waals surface area contributed by atoms with E-state index in [-0.39, 0.29) is 5.91 Å². The molecule has 25 heavy (non-hydrogen) atoms. The van der Waals surface area contributed by atoms with Crippen molar-refractivity contribution < 1.29 is 14.3 Å². The molecule has 3 rings (SSSR count). The van der Waals surface area contributed by atoms with Crippen LogP contribution in [0.5, 0.6) is 11.5 Å². The molecule has 0 bridgehead atoms. The predicted molar refractivity (Wildman–Crippen MR) is 96.4 cm³/mol. The summed E-state index contributed by atoms with van der Waals surface area (Å²) in [4.78, 5) is 16.9. The fourth-order valence-electron chi connectivity index (χ4n) is 2.82. The van der Waals surface area contributed by atoms with Crippen LogP contribution < -0.4 is 14.8 Å². The van der Waals surface area contributed by atoms with Gasteiger partial charge in [0.2, 0.25) is 5.91 Å². The lowest BCUT2D eigenvalue weighted by molar-refractivity contribution is -0.116. The molecule has 0 aliphatic rings. The normalized spacial score (nSPS) is 10.7. The number of aromatic nitrogens is 2. The van der Waals surface area contributed by atoms with Crippen LogP contribution in [-0.4, -0.2) is 29.5 Å². The van der Waals surface area contributed by atoms with Crippen LogP contribution in [0.2, 0.25) is 0 Å². The lowest BCUT2D eigenvalue weighted by Crippen LogP contribution is -2.14. The maximum atomic E-state index is 12.4. The van der Waals surface area contributed by atoms with Crippen LogP contribution in [0.15, 0.2) is 42.6 Å². The highest BCUT2D eigenvalue weighted by atomic mass is 16.5. The van der Waals surface area contributed by atoms with Crippen LogP contribution in [0.4, 0.5) is 5.69 Å². The van der Waals surface area contributed by atoms with Crippen LogP contribution in [0.1, 0.15) is 17.8 Å². The Balaban J connectivity index is 1.72. The summed E-state index contributed by atoms with van der Waals surface area (Å²) < 4.78 is 12.5. The zero-order chi connectivity index (χ0) is 17.8. The monoisotopic (exact) mass is 339 g/mol. The zero-order valence-corrected chi connectivity index (χ0v) is 14.6. The molecule has 1 N–H and O–H groups in total. The number of hydrogen-bond donors (Lipinski definition) is 1. The van der Waals surface area contributed by atoms with Gasteiger partial charge in [-0.1, -0.05) is 6.07 Å². The number of nitrogens with zero attached hydrogens (tertiary/aromatic N) is 2. The van der Waals surface area contributed by atoms with Gasteiger partial charge < -0.3 is 19.2 Å². The molecular formula is C19H21N3O3. The van der Waals surface area contributed by atoms with Crippen molar-refractivity contribution in [1.29, 1.82) is 0 Å². The van der Waals surface area contributed by atoms with E-state index in [0.29, 0.717) is 30.0 Å². The predicted octanol–water partition coefficient (Wildman–Crippen LogP) is 3.23. The number of nitrogens with one attached hydrogen (secondary N) is 1. The molecule has 0 saturated heterocycles. The summed E-state index contributed by atoms with van der Waals surface area (Å²) in [6.07, 6.45) is 2.92. The van der Waals surface area contributed by atoms with Crippen LogP contribution in [0.3, 0.4) is 0 Å². The second-order valence-electron chi connectivity index (χ2n) is 5.69. The van der Waals surface area contributed by atoms with Gasteiger partial charge in [-0.05, 0) is 37.6 Å². The fraction of sp³-hybridized carbons (Fsp3) is 0.263. The summed E-state index contributed by atoms with van der Waals surface area (Å²) in [5, 5.41) is 2.89. The van der Waals surface area contributed by atoms with Crippen molar-refractivity contribution in [3.8, 4) is 11.5 Å². The van der Waals surface area contributed by atoms with Crippen LogP contribution in [0, 0.1) is 6.92 Å². The van der Waals surface area contributed by atoms with E-state index in [1.807, 2.05) is 35.7 Å². The molecule has 2 aromatic heterocycles. The number of imidazole rings is 1. The quantitative estimate of drug-likeness (QED) is 0.749. The van der Waals surface area contributed by atoms with E-state index in [0.717, 1.165) is 17.0 Å². The van der Waals surface area contributed by atoms with E-state index in [2.05, 4.69) is 10.3 Å². The van der Waals surface area contributed by atoms with Crippen molar-refractivity contribution in [3.05, 3.63) is 54.0 Å². The molecule has 0 fully saturated rings. The van der Waals surface area contributed by atoms with Gasteiger partial charge in [0.15, 0.2) is 0 Å². The number of ether oxygens (including phenoxy) is 2. The topological polar surface area (TPSA) is 64.9 Å². The molecule has 0 spiro atoms. The summed E-state index contributed by atoms with van der Waals surface area (Å²) in [5.74, 6) is 1.17. The molecule has 130 valence electrons. The molecule has 6 heteroatoms. The smallest absolute Gasteiger partial charge is 0.224 e. The highest BCUT2D eigenvalue weighted by Crippen LogP contribution is 2.29. The average Bonchev–Trinajstić information content (AvgIpc) is 2.95. The van der Waals surface area contributed by atoms with Crippen LogP contribution in [-0.2, 0) is 11.2 Å². The Labute approximate surface area is 146 Å². The number of anilines is 1. The molecule has 0 saturated carbocycles. The molecule has 3 aromatic rings. The van der Waals surface area contributed by atoms with E-state index in [1.54, 1.807) is 32.4 Å². The third-order valence-electron chi connectivity index (χ3n) is 4.10. The lowest BCUT2D eigenvalue weighted by atomic mass is 10.2. The molecule has 1 amide bonds. The van der Waals surface area contributed by atoms with Crippen LogP contribution >= 0.6 is 0 Å². The third kappa shape index (κ3) is 3.57. The maximum Gasteiger partial charge on any atom is 0.224 e. The minimum atomic E-state index is -0.0863. The molecule has 0 unspecified atom stereocenters. The SMILES string of the molecule is COc1ccc(OC)c(NC(=O)CCc2c(C)nc3ccccn23)c1. The van der Waals surface area contributed by atoms with Gasteiger partial charge in [0.25, 0.3) is 0 Å². The van der Waals surface area contributed by atoms with Gasteiger partial charge in [-0.15, -0.1) is 0 Å². The molecule has 0 radical (unpaired) electrons. The van der Waals surface area contributed by atoms with E-state index < -0.39 is 0 Å². The molecular weight excluding hydrogens is 318 g/mol. The molecule has 1 aromatic carbocycles.